The van der Waals surface area contributed by atoms with Gasteiger partial charge in [0.1, 0.15) is 5.69 Å². The van der Waals surface area contributed by atoms with E-state index in [1.807, 2.05) is 42.5 Å². The Bertz CT molecular complexity index is 890. The Kier molecular flexibility index (Phi) is 4.85. The zero-order valence-corrected chi connectivity index (χ0v) is 13.7. The van der Waals surface area contributed by atoms with Gasteiger partial charge in [-0.25, -0.2) is 0 Å². The van der Waals surface area contributed by atoms with Gasteiger partial charge in [-0.05, 0) is 55.5 Å². The number of benzene rings is 2. The lowest BCUT2D eigenvalue weighted by molar-refractivity contribution is 0.101. The molecule has 3 aromatic rings. The summed E-state index contributed by atoms with van der Waals surface area (Å²) >= 11 is 0. The number of hydrogen-bond acceptors (Lipinski definition) is 4. The standard InChI is InChI=1S/C20H17N3O2/c1-14(24)15-7-9-17(10-8-15)22-18-11-12-21-19(13-18)20(25)23-16-5-3-2-4-6-16/h2-13H,1H3,(H,21,22)(H,23,25). The summed E-state index contributed by atoms with van der Waals surface area (Å²) in [4.78, 5) is 27.7. The zero-order chi connectivity index (χ0) is 17.6. The van der Waals surface area contributed by atoms with Gasteiger partial charge >= 0.3 is 0 Å². The maximum Gasteiger partial charge on any atom is 0.274 e. The van der Waals surface area contributed by atoms with Gasteiger partial charge in [-0.1, -0.05) is 18.2 Å². The van der Waals surface area contributed by atoms with Crippen molar-refractivity contribution >= 4 is 28.8 Å². The van der Waals surface area contributed by atoms with Crippen LogP contribution in [0.15, 0.2) is 72.9 Å². The van der Waals surface area contributed by atoms with Crippen molar-refractivity contribution in [1.82, 2.24) is 4.98 Å². The van der Waals surface area contributed by atoms with E-state index in [1.54, 1.807) is 30.5 Å². The molecule has 0 fully saturated rings. The molecule has 0 aliphatic carbocycles. The molecule has 124 valence electrons. The van der Waals surface area contributed by atoms with E-state index in [4.69, 9.17) is 0 Å². The first kappa shape index (κ1) is 16.4. The second-order valence-corrected chi connectivity index (χ2v) is 5.51. The van der Waals surface area contributed by atoms with Crippen LogP contribution in [-0.4, -0.2) is 16.7 Å². The lowest BCUT2D eigenvalue weighted by Gasteiger charge is -2.09. The fourth-order valence-electron chi connectivity index (χ4n) is 2.30. The number of para-hydroxylation sites is 1. The highest BCUT2D eigenvalue weighted by molar-refractivity contribution is 6.03. The van der Waals surface area contributed by atoms with Gasteiger partial charge in [0.2, 0.25) is 0 Å². The second-order valence-electron chi connectivity index (χ2n) is 5.51. The molecule has 0 radical (unpaired) electrons. The number of anilines is 3. The summed E-state index contributed by atoms with van der Waals surface area (Å²) in [5.41, 5.74) is 3.25. The largest absolute Gasteiger partial charge is 0.355 e. The van der Waals surface area contributed by atoms with E-state index in [0.29, 0.717) is 16.9 Å². The lowest BCUT2D eigenvalue weighted by Crippen LogP contribution is -2.13. The number of ketones is 1. The molecule has 5 nitrogen and oxygen atoms in total. The van der Waals surface area contributed by atoms with Crippen LogP contribution in [0.5, 0.6) is 0 Å². The smallest absolute Gasteiger partial charge is 0.274 e. The Morgan fingerprint density at radius 1 is 0.840 bits per heavy atom. The molecule has 2 N–H and O–H groups in total. The quantitative estimate of drug-likeness (QED) is 0.685. The van der Waals surface area contributed by atoms with E-state index in [1.165, 1.54) is 6.92 Å². The molecule has 1 heterocycles. The van der Waals surface area contributed by atoms with Gasteiger partial charge < -0.3 is 10.6 Å². The molecule has 2 aromatic carbocycles. The molecule has 1 aromatic heterocycles. The number of amides is 1. The molecule has 3 rings (SSSR count). The summed E-state index contributed by atoms with van der Waals surface area (Å²) < 4.78 is 0. The maximum absolute atomic E-state index is 12.3. The average molecular weight is 331 g/mol. The highest BCUT2D eigenvalue weighted by atomic mass is 16.2. The molecular formula is C20H17N3O2. The highest BCUT2D eigenvalue weighted by Crippen LogP contribution is 2.18. The van der Waals surface area contributed by atoms with E-state index in [-0.39, 0.29) is 11.7 Å². The molecule has 0 saturated carbocycles. The molecule has 0 unspecified atom stereocenters. The fourth-order valence-corrected chi connectivity index (χ4v) is 2.30. The summed E-state index contributed by atoms with van der Waals surface area (Å²) in [7, 11) is 0. The predicted octanol–water partition coefficient (Wildman–Crippen LogP) is 4.28. The van der Waals surface area contributed by atoms with Crippen LogP contribution >= 0.6 is 0 Å². The third-order valence-electron chi connectivity index (χ3n) is 3.60. The summed E-state index contributed by atoms with van der Waals surface area (Å²) in [5, 5.41) is 6.00. The van der Waals surface area contributed by atoms with Crippen LogP contribution in [0.1, 0.15) is 27.8 Å². The van der Waals surface area contributed by atoms with E-state index in [0.717, 1.165) is 11.4 Å². The molecule has 0 atom stereocenters. The Labute approximate surface area is 145 Å². The van der Waals surface area contributed by atoms with Crippen LogP contribution in [-0.2, 0) is 0 Å². The number of carbonyl (C=O) groups is 2. The number of rotatable bonds is 5. The van der Waals surface area contributed by atoms with Gasteiger partial charge in [-0.15, -0.1) is 0 Å². The first-order valence-electron chi connectivity index (χ1n) is 7.82. The van der Waals surface area contributed by atoms with Crippen LogP contribution in [0.25, 0.3) is 0 Å². The maximum atomic E-state index is 12.3. The average Bonchev–Trinajstić information content (AvgIpc) is 2.63. The number of Topliss-reactive ketones (excluding diaryl/α,β-unsaturated/α-hetero) is 1. The van der Waals surface area contributed by atoms with Crippen molar-refractivity contribution < 1.29 is 9.59 Å². The monoisotopic (exact) mass is 331 g/mol. The normalized spacial score (nSPS) is 10.1. The second kappa shape index (κ2) is 7.40. The fraction of sp³-hybridized carbons (Fsp3) is 0.0500. The SMILES string of the molecule is CC(=O)c1ccc(Nc2ccnc(C(=O)Nc3ccccc3)c2)cc1. The Morgan fingerprint density at radius 2 is 1.56 bits per heavy atom. The first-order valence-corrected chi connectivity index (χ1v) is 7.82. The van der Waals surface area contributed by atoms with Crippen LogP contribution in [0, 0.1) is 0 Å². The molecule has 0 saturated heterocycles. The third kappa shape index (κ3) is 4.29. The summed E-state index contributed by atoms with van der Waals surface area (Å²) in [6, 6.07) is 19.8. The van der Waals surface area contributed by atoms with Crippen LogP contribution in [0.4, 0.5) is 17.1 Å². The number of nitrogens with zero attached hydrogens (tertiary/aromatic N) is 1. The molecule has 1 amide bonds. The molecule has 0 bridgehead atoms. The molecule has 5 heteroatoms. The van der Waals surface area contributed by atoms with E-state index < -0.39 is 0 Å². The van der Waals surface area contributed by atoms with Gasteiger partial charge in [0.25, 0.3) is 5.91 Å². The lowest BCUT2D eigenvalue weighted by atomic mass is 10.1. The van der Waals surface area contributed by atoms with E-state index in [9.17, 15) is 9.59 Å². The van der Waals surface area contributed by atoms with Gasteiger partial charge in [0.05, 0.1) is 0 Å². The van der Waals surface area contributed by atoms with Crippen molar-refractivity contribution in [2.75, 3.05) is 10.6 Å². The molecule has 0 aliphatic heterocycles. The van der Waals surface area contributed by atoms with Gasteiger partial charge in [-0.3, -0.25) is 14.6 Å². The van der Waals surface area contributed by atoms with Crippen LogP contribution in [0.3, 0.4) is 0 Å². The number of pyridine rings is 1. The van der Waals surface area contributed by atoms with E-state index in [2.05, 4.69) is 15.6 Å². The predicted molar refractivity (Wildman–Crippen MR) is 98.4 cm³/mol. The Balaban J connectivity index is 1.72. The van der Waals surface area contributed by atoms with Crippen molar-refractivity contribution in [1.29, 1.82) is 0 Å². The summed E-state index contributed by atoms with van der Waals surface area (Å²) in [6.07, 6.45) is 1.58. The van der Waals surface area contributed by atoms with Crippen molar-refractivity contribution in [3.8, 4) is 0 Å². The number of carbonyl (C=O) groups excluding carboxylic acids is 2. The van der Waals surface area contributed by atoms with Crippen LogP contribution in [0.2, 0.25) is 0 Å². The highest BCUT2D eigenvalue weighted by Gasteiger charge is 2.08. The summed E-state index contributed by atoms with van der Waals surface area (Å²) in [6.45, 7) is 1.53. The number of aromatic nitrogens is 1. The minimum Gasteiger partial charge on any atom is -0.355 e. The molecular weight excluding hydrogens is 314 g/mol. The Morgan fingerprint density at radius 3 is 2.24 bits per heavy atom. The Hall–Kier alpha value is -3.47. The van der Waals surface area contributed by atoms with Crippen molar-refractivity contribution in [2.45, 2.75) is 6.92 Å². The van der Waals surface area contributed by atoms with Gasteiger partial charge in [-0.2, -0.15) is 0 Å². The molecule has 25 heavy (non-hydrogen) atoms. The molecule has 0 spiro atoms. The zero-order valence-electron chi connectivity index (χ0n) is 13.7. The van der Waals surface area contributed by atoms with E-state index >= 15 is 0 Å². The first-order chi connectivity index (χ1) is 12.1. The number of nitrogens with one attached hydrogen (secondary N) is 2. The number of hydrogen-bond donors (Lipinski definition) is 2. The van der Waals surface area contributed by atoms with Gasteiger partial charge in [0.15, 0.2) is 5.78 Å². The third-order valence-corrected chi connectivity index (χ3v) is 3.60. The minimum atomic E-state index is -0.276. The van der Waals surface area contributed by atoms with Crippen molar-refractivity contribution in [2.24, 2.45) is 0 Å². The van der Waals surface area contributed by atoms with Crippen molar-refractivity contribution in [3.63, 3.8) is 0 Å². The van der Waals surface area contributed by atoms with Crippen LogP contribution < -0.4 is 10.6 Å². The van der Waals surface area contributed by atoms with Gasteiger partial charge in [0, 0.05) is 28.8 Å². The molecule has 0 aliphatic rings. The van der Waals surface area contributed by atoms with Crippen molar-refractivity contribution in [3.05, 3.63) is 84.2 Å². The minimum absolute atomic E-state index is 0.0235. The summed E-state index contributed by atoms with van der Waals surface area (Å²) in [5.74, 6) is -0.253. The topological polar surface area (TPSA) is 71.1 Å².